The van der Waals surface area contributed by atoms with Crippen LogP contribution in [-0.4, -0.2) is 16.6 Å². The summed E-state index contributed by atoms with van der Waals surface area (Å²) in [6.07, 6.45) is 5.85. The van der Waals surface area contributed by atoms with Crippen molar-refractivity contribution in [3.63, 3.8) is 0 Å². The summed E-state index contributed by atoms with van der Waals surface area (Å²) in [5.74, 6) is 0.623. The number of carbonyl (C=O) groups excluding carboxylic acids is 1. The number of rotatable bonds is 3. The molecule has 1 saturated carbocycles. The summed E-state index contributed by atoms with van der Waals surface area (Å²) >= 11 is 0. The van der Waals surface area contributed by atoms with Gasteiger partial charge in [-0.1, -0.05) is 24.4 Å². The summed E-state index contributed by atoms with van der Waals surface area (Å²) < 4.78 is 5.15. The van der Waals surface area contributed by atoms with Gasteiger partial charge in [-0.05, 0) is 40.5 Å². The van der Waals surface area contributed by atoms with Crippen molar-refractivity contribution in [3.8, 4) is 0 Å². The summed E-state index contributed by atoms with van der Waals surface area (Å²) in [5, 5.41) is 7.16. The second-order valence-electron chi connectivity index (χ2n) is 6.07. The Morgan fingerprint density at radius 2 is 1.95 bits per heavy atom. The van der Waals surface area contributed by atoms with Gasteiger partial charge in [0.2, 0.25) is 5.91 Å². The maximum atomic E-state index is 12.4. The average Bonchev–Trinajstić information content (AvgIpc) is 2.68. The first-order valence-electron chi connectivity index (χ1n) is 7.18. The van der Waals surface area contributed by atoms with Crippen LogP contribution in [0.1, 0.15) is 68.9 Å². The van der Waals surface area contributed by atoms with Crippen LogP contribution >= 0.6 is 0 Å². The molecule has 0 aliphatic heterocycles. The minimum atomic E-state index is -0.204. The van der Waals surface area contributed by atoms with Crippen LogP contribution < -0.4 is 5.32 Å². The van der Waals surface area contributed by atoms with Crippen LogP contribution in [-0.2, 0) is 4.79 Å². The lowest BCUT2D eigenvalue weighted by molar-refractivity contribution is -0.124. The number of amides is 1. The van der Waals surface area contributed by atoms with Crippen molar-refractivity contribution in [1.82, 2.24) is 10.5 Å². The van der Waals surface area contributed by atoms with Crippen molar-refractivity contribution in [2.24, 2.45) is 0 Å². The molecule has 1 amide bonds. The summed E-state index contributed by atoms with van der Waals surface area (Å²) in [5.41, 5.74) is 1.70. The lowest BCUT2D eigenvalue weighted by atomic mass is 9.82. The highest BCUT2D eigenvalue weighted by Crippen LogP contribution is 2.29. The first-order chi connectivity index (χ1) is 8.93. The van der Waals surface area contributed by atoms with Crippen LogP contribution in [0.15, 0.2) is 4.52 Å². The van der Waals surface area contributed by atoms with Gasteiger partial charge < -0.3 is 9.84 Å². The number of aryl methyl sites for hydroxylation is 2. The average molecular weight is 264 g/mol. The molecular weight excluding hydrogens is 240 g/mol. The van der Waals surface area contributed by atoms with Crippen molar-refractivity contribution >= 4 is 5.91 Å². The van der Waals surface area contributed by atoms with E-state index < -0.39 is 0 Å². The van der Waals surface area contributed by atoms with Crippen LogP contribution in [0.3, 0.4) is 0 Å². The van der Waals surface area contributed by atoms with Crippen molar-refractivity contribution in [1.29, 1.82) is 0 Å². The van der Waals surface area contributed by atoms with E-state index in [0.29, 0.717) is 0 Å². The molecule has 1 N–H and O–H groups in total. The first-order valence-corrected chi connectivity index (χ1v) is 7.18. The predicted octanol–water partition coefficient (Wildman–Crippen LogP) is 3.23. The molecule has 0 saturated heterocycles. The Kier molecular flexibility index (Phi) is 3.97. The van der Waals surface area contributed by atoms with E-state index in [2.05, 4.69) is 17.4 Å². The third-order valence-electron chi connectivity index (χ3n) is 4.30. The topological polar surface area (TPSA) is 55.1 Å². The number of nitrogens with one attached hydrogen (secondary N) is 1. The molecule has 4 nitrogen and oxygen atoms in total. The SMILES string of the molecule is Cc1noc(C)c1C(C)C(=O)NC1(C)CCCCC1. The third kappa shape index (κ3) is 2.99. The molecular formula is C15H24N2O2. The van der Waals surface area contributed by atoms with Crippen LogP contribution in [0.4, 0.5) is 0 Å². The molecule has 1 unspecified atom stereocenters. The lowest BCUT2D eigenvalue weighted by Gasteiger charge is -2.35. The number of hydrogen-bond donors (Lipinski definition) is 1. The largest absolute Gasteiger partial charge is 0.361 e. The van der Waals surface area contributed by atoms with E-state index in [0.717, 1.165) is 29.9 Å². The maximum absolute atomic E-state index is 12.4. The van der Waals surface area contributed by atoms with Crippen molar-refractivity contribution in [2.75, 3.05) is 0 Å². The summed E-state index contributed by atoms with van der Waals surface area (Å²) in [6.45, 7) is 7.83. The van der Waals surface area contributed by atoms with Crippen molar-refractivity contribution in [3.05, 3.63) is 17.0 Å². The molecule has 0 spiro atoms. The normalized spacial score (nSPS) is 20.0. The van der Waals surface area contributed by atoms with Crippen LogP contribution in [0.25, 0.3) is 0 Å². The zero-order valence-corrected chi connectivity index (χ0v) is 12.4. The smallest absolute Gasteiger partial charge is 0.227 e. The molecule has 1 aromatic heterocycles. The monoisotopic (exact) mass is 264 g/mol. The Morgan fingerprint density at radius 1 is 1.32 bits per heavy atom. The van der Waals surface area contributed by atoms with Gasteiger partial charge in [-0.25, -0.2) is 0 Å². The molecule has 1 atom stereocenters. The van der Waals surface area contributed by atoms with Crippen molar-refractivity contribution in [2.45, 2.75) is 71.3 Å². The van der Waals surface area contributed by atoms with E-state index in [-0.39, 0.29) is 17.4 Å². The Labute approximate surface area is 114 Å². The van der Waals surface area contributed by atoms with Gasteiger partial charge in [0, 0.05) is 11.1 Å². The van der Waals surface area contributed by atoms with Gasteiger partial charge in [-0.3, -0.25) is 4.79 Å². The summed E-state index contributed by atoms with van der Waals surface area (Å²) in [4.78, 5) is 12.4. The number of carbonyl (C=O) groups is 1. The fraction of sp³-hybridized carbons (Fsp3) is 0.733. The highest BCUT2D eigenvalue weighted by molar-refractivity contribution is 5.84. The number of hydrogen-bond acceptors (Lipinski definition) is 3. The standard InChI is InChI=1S/C15H24N2O2/c1-10(13-11(2)17-19-12(13)3)14(18)16-15(4)8-6-5-7-9-15/h10H,5-9H2,1-4H3,(H,16,18). The molecule has 1 aliphatic rings. The lowest BCUT2D eigenvalue weighted by Crippen LogP contribution is -2.48. The molecule has 1 aromatic rings. The molecule has 0 aromatic carbocycles. The highest BCUT2D eigenvalue weighted by Gasteiger charge is 2.31. The fourth-order valence-corrected chi connectivity index (χ4v) is 3.10. The third-order valence-corrected chi connectivity index (χ3v) is 4.30. The second-order valence-corrected chi connectivity index (χ2v) is 6.07. The Bertz CT molecular complexity index is 439. The van der Waals surface area contributed by atoms with Gasteiger partial charge in [-0.15, -0.1) is 0 Å². The van der Waals surface area contributed by atoms with E-state index in [9.17, 15) is 4.79 Å². The summed E-state index contributed by atoms with van der Waals surface area (Å²) in [6, 6.07) is 0. The van der Waals surface area contributed by atoms with Gasteiger partial charge in [-0.2, -0.15) is 0 Å². The van der Waals surface area contributed by atoms with Crippen molar-refractivity contribution < 1.29 is 9.32 Å². The maximum Gasteiger partial charge on any atom is 0.227 e. The molecule has 0 radical (unpaired) electrons. The highest BCUT2D eigenvalue weighted by atomic mass is 16.5. The van der Waals surface area contributed by atoms with E-state index in [1.807, 2.05) is 20.8 Å². The van der Waals surface area contributed by atoms with Gasteiger partial charge in [0.1, 0.15) is 5.76 Å². The molecule has 2 rings (SSSR count). The molecule has 19 heavy (non-hydrogen) atoms. The Hall–Kier alpha value is -1.32. The molecule has 0 bridgehead atoms. The van der Waals surface area contributed by atoms with Gasteiger partial charge >= 0.3 is 0 Å². The molecule has 106 valence electrons. The quantitative estimate of drug-likeness (QED) is 0.911. The van der Waals surface area contributed by atoms with E-state index in [1.54, 1.807) is 0 Å². The van der Waals surface area contributed by atoms with Crippen LogP contribution in [0.5, 0.6) is 0 Å². The molecule has 4 heteroatoms. The number of aromatic nitrogens is 1. The zero-order chi connectivity index (χ0) is 14.0. The molecule has 1 fully saturated rings. The van der Waals surface area contributed by atoms with Gasteiger partial charge in [0.25, 0.3) is 0 Å². The number of nitrogens with zero attached hydrogens (tertiary/aromatic N) is 1. The Balaban J connectivity index is 2.07. The van der Waals surface area contributed by atoms with E-state index >= 15 is 0 Å². The summed E-state index contributed by atoms with van der Waals surface area (Å²) in [7, 11) is 0. The molecule has 1 heterocycles. The van der Waals surface area contributed by atoms with E-state index in [4.69, 9.17) is 4.52 Å². The minimum Gasteiger partial charge on any atom is -0.361 e. The van der Waals surface area contributed by atoms with E-state index in [1.165, 1.54) is 19.3 Å². The minimum absolute atomic E-state index is 0.0391. The van der Waals surface area contributed by atoms with Gasteiger partial charge in [0.05, 0.1) is 11.6 Å². The zero-order valence-electron chi connectivity index (χ0n) is 12.4. The van der Waals surface area contributed by atoms with Crippen LogP contribution in [0.2, 0.25) is 0 Å². The first kappa shape index (κ1) is 14.1. The second kappa shape index (κ2) is 5.35. The fourth-order valence-electron chi connectivity index (χ4n) is 3.10. The van der Waals surface area contributed by atoms with Gasteiger partial charge in [0.15, 0.2) is 0 Å². The molecule has 1 aliphatic carbocycles. The Morgan fingerprint density at radius 3 is 2.47 bits per heavy atom. The predicted molar refractivity (Wildman–Crippen MR) is 74.0 cm³/mol. The van der Waals surface area contributed by atoms with Crippen LogP contribution in [0, 0.1) is 13.8 Å².